The number of rotatable bonds is 20. The van der Waals surface area contributed by atoms with Crippen LogP contribution in [0.5, 0.6) is 5.75 Å². The van der Waals surface area contributed by atoms with Gasteiger partial charge in [0.15, 0.2) is 0 Å². The van der Waals surface area contributed by atoms with Crippen LogP contribution in [0.3, 0.4) is 0 Å². The van der Waals surface area contributed by atoms with E-state index in [4.69, 9.17) is 9.47 Å². The minimum Gasteiger partial charge on any atom is -0.494 e. The van der Waals surface area contributed by atoms with Crippen molar-refractivity contribution in [3.63, 3.8) is 0 Å². The third kappa shape index (κ3) is 13.8. The maximum Gasteiger partial charge on any atom is 0.330 e. The molecule has 3 heteroatoms. The van der Waals surface area contributed by atoms with E-state index in [-0.39, 0.29) is 5.97 Å². The van der Waals surface area contributed by atoms with Crippen LogP contribution in [0, 0.1) is 5.92 Å². The van der Waals surface area contributed by atoms with Crippen molar-refractivity contribution in [2.45, 2.75) is 128 Å². The number of carbonyl (C=O) groups is 1. The standard InChI is InChI=1S/C32H52O3/c1-3-5-14-17-28-18-20-29(21-19-28)30-22-24-31(25-23-30)34-26-15-12-10-8-6-7-9-11-13-16-27-35-32(33)4-2/h4,22-25,28-29H,2-3,5-21,26-27H2,1H3. The highest BCUT2D eigenvalue weighted by atomic mass is 16.5. The minimum absolute atomic E-state index is 0.311. The molecule has 198 valence electrons. The molecule has 0 aromatic heterocycles. The fourth-order valence-corrected chi connectivity index (χ4v) is 5.34. The third-order valence-electron chi connectivity index (χ3n) is 7.63. The number of unbranched alkanes of at least 4 members (excludes halogenated alkanes) is 11. The van der Waals surface area contributed by atoms with E-state index in [1.165, 1.54) is 108 Å². The second-order valence-electron chi connectivity index (χ2n) is 10.5. The second-order valence-corrected chi connectivity index (χ2v) is 10.5. The molecule has 0 amide bonds. The molecule has 1 aliphatic rings. The Morgan fingerprint density at radius 2 is 1.37 bits per heavy atom. The van der Waals surface area contributed by atoms with Crippen LogP contribution in [0.2, 0.25) is 0 Å². The van der Waals surface area contributed by atoms with Crippen LogP contribution in [0.15, 0.2) is 36.9 Å². The van der Waals surface area contributed by atoms with Gasteiger partial charge in [0.2, 0.25) is 0 Å². The Morgan fingerprint density at radius 1 is 0.800 bits per heavy atom. The molecule has 0 radical (unpaired) electrons. The summed E-state index contributed by atoms with van der Waals surface area (Å²) in [5.41, 5.74) is 1.51. The molecule has 0 spiro atoms. The SMILES string of the molecule is C=CC(=O)OCCCCCCCCCCCCOc1ccc(C2CCC(CCCCC)CC2)cc1. The first-order valence-corrected chi connectivity index (χ1v) is 14.7. The molecular weight excluding hydrogens is 432 g/mol. The molecule has 0 heterocycles. The Labute approximate surface area is 216 Å². The number of carbonyl (C=O) groups excluding carboxylic acids is 1. The van der Waals surface area contributed by atoms with Gasteiger partial charge >= 0.3 is 5.97 Å². The topological polar surface area (TPSA) is 35.5 Å². The van der Waals surface area contributed by atoms with Gasteiger partial charge in [-0.2, -0.15) is 0 Å². The quantitative estimate of drug-likeness (QED) is 0.105. The van der Waals surface area contributed by atoms with E-state index in [0.29, 0.717) is 6.61 Å². The summed E-state index contributed by atoms with van der Waals surface area (Å²) in [6.45, 7) is 7.06. The normalized spacial score (nSPS) is 17.7. The summed E-state index contributed by atoms with van der Waals surface area (Å²) in [5.74, 6) is 2.45. The van der Waals surface area contributed by atoms with Gasteiger partial charge in [-0.15, -0.1) is 0 Å². The van der Waals surface area contributed by atoms with E-state index >= 15 is 0 Å². The predicted octanol–water partition coefficient (Wildman–Crippen LogP) is 9.55. The maximum absolute atomic E-state index is 10.9. The summed E-state index contributed by atoms with van der Waals surface area (Å²) >= 11 is 0. The molecule has 0 aliphatic heterocycles. The van der Waals surface area contributed by atoms with Crippen molar-refractivity contribution >= 4 is 5.97 Å². The summed E-state index contributed by atoms with van der Waals surface area (Å²) in [6, 6.07) is 8.99. The predicted molar refractivity (Wildman–Crippen MR) is 148 cm³/mol. The Kier molecular flexibility index (Phi) is 16.3. The molecule has 35 heavy (non-hydrogen) atoms. The maximum atomic E-state index is 10.9. The molecule has 2 rings (SSSR count). The zero-order valence-corrected chi connectivity index (χ0v) is 22.6. The molecule has 1 fully saturated rings. The van der Waals surface area contributed by atoms with E-state index in [9.17, 15) is 4.79 Å². The molecule has 0 saturated heterocycles. The van der Waals surface area contributed by atoms with Crippen molar-refractivity contribution in [3.05, 3.63) is 42.5 Å². The highest BCUT2D eigenvalue weighted by Crippen LogP contribution is 2.38. The lowest BCUT2D eigenvalue weighted by atomic mass is 9.77. The smallest absolute Gasteiger partial charge is 0.330 e. The zero-order chi connectivity index (χ0) is 25.0. The van der Waals surface area contributed by atoms with E-state index in [0.717, 1.165) is 43.5 Å². The zero-order valence-electron chi connectivity index (χ0n) is 22.6. The van der Waals surface area contributed by atoms with E-state index in [1.807, 2.05) is 0 Å². The Balaban J connectivity index is 1.41. The molecular formula is C32H52O3. The van der Waals surface area contributed by atoms with Crippen LogP contribution in [-0.2, 0) is 9.53 Å². The number of hydrogen-bond donors (Lipinski definition) is 0. The second kappa shape index (κ2) is 19.4. The summed E-state index contributed by atoms with van der Waals surface area (Å²) in [5, 5.41) is 0. The van der Waals surface area contributed by atoms with E-state index in [2.05, 4.69) is 37.8 Å². The van der Waals surface area contributed by atoms with Crippen molar-refractivity contribution in [1.29, 1.82) is 0 Å². The van der Waals surface area contributed by atoms with Crippen molar-refractivity contribution in [2.24, 2.45) is 5.92 Å². The molecule has 1 saturated carbocycles. The number of hydrogen-bond acceptors (Lipinski definition) is 3. The van der Waals surface area contributed by atoms with Crippen LogP contribution in [0.1, 0.15) is 134 Å². The molecule has 0 N–H and O–H groups in total. The van der Waals surface area contributed by atoms with Crippen LogP contribution < -0.4 is 4.74 Å². The third-order valence-corrected chi connectivity index (χ3v) is 7.63. The van der Waals surface area contributed by atoms with Crippen molar-refractivity contribution in [3.8, 4) is 5.75 Å². The van der Waals surface area contributed by atoms with Crippen molar-refractivity contribution in [2.75, 3.05) is 13.2 Å². The number of esters is 1. The molecule has 0 bridgehead atoms. The Bertz CT molecular complexity index is 658. The van der Waals surface area contributed by atoms with E-state index < -0.39 is 0 Å². The monoisotopic (exact) mass is 484 g/mol. The first kappa shape index (κ1) is 29.5. The lowest BCUT2D eigenvalue weighted by Gasteiger charge is -2.29. The summed E-state index contributed by atoms with van der Waals surface area (Å²) in [7, 11) is 0. The lowest BCUT2D eigenvalue weighted by molar-refractivity contribution is -0.137. The van der Waals surface area contributed by atoms with Gasteiger partial charge < -0.3 is 9.47 Å². The minimum atomic E-state index is -0.311. The highest BCUT2D eigenvalue weighted by molar-refractivity contribution is 5.81. The Morgan fingerprint density at radius 3 is 1.94 bits per heavy atom. The van der Waals surface area contributed by atoms with Crippen molar-refractivity contribution < 1.29 is 14.3 Å². The van der Waals surface area contributed by atoms with Gasteiger partial charge in [-0.1, -0.05) is 103 Å². The molecule has 0 atom stereocenters. The fourth-order valence-electron chi connectivity index (χ4n) is 5.34. The van der Waals surface area contributed by atoms with Gasteiger partial charge in [-0.25, -0.2) is 4.79 Å². The van der Waals surface area contributed by atoms with Crippen LogP contribution in [-0.4, -0.2) is 19.2 Å². The van der Waals surface area contributed by atoms with Crippen LogP contribution >= 0.6 is 0 Å². The van der Waals surface area contributed by atoms with Gasteiger partial charge in [-0.3, -0.25) is 0 Å². The summed E-state index contributed by atoms with van der Waals surface area (Å²) < 4.78 is 11.0. The van der Waals surface area contributed by atoms with Gasteiger partial charge in [0.25, 0.3) is 0 Å². The largest absolute Gasteiger partial charge is 0.494 e. The van der Waals surface area contributed by atoms with Gasteiger partial charge in [0, 0.05) is 6.08 Å². The van der Waals surface area contributed by atoms with Crippen LogP contribution in [0.25, 0.3) is 0 Å². The highest BCUT2D eigenvalue weighted by Gasteiger charge is 2.22. The molecule has 3 nitrogen and oxygen atoms in total. The van der Waals surface area contributed by atoms with Gasteiger partial charge in [0.05, 0.1) is 13.2 Å². The summed E-state index contributed by atoms with van der Waals surface area (Å²) in [6.07, 6.45) is 24.7. The lowest BCUT2D eigenvalue weighted by Crippen LogP contribution is -2.13. The van der Waals surface area contributed by atoms with Crippen LogP contribution in [0.4, 0.5) is 0 Å². The average molecular weight is 485 g/mol. The fraction of sp³-hybridized carbons (Fsp3) is 0.719. The number of benzene rings is 1. The number of ether oxygens (including phenoxy) is 2. The summed E-state index contributed by atoms with van der Waals surface area (Å²) in [4.78, 5) is 10.9. The van der Waals surface area contributed by atoms with Crippen molar-refractivity contribution in [1.82, 2.24) is 0 Å². The average Bonchev–Trinajstić information content (AvgIpc) is 2.89. The van der Waals surface area contributed by atoms with E-state index in [1.54, 1.807) is 0 Å². The molecule has 1 aromatic carbocycles. The Hall–Kier alpha value is -1.77. The molecule has 1 aromatic rings. The molecule has 0 unspecified atom stereocenters. The first-order valence-electron chi connectivity index (χ1n) is 14.7. The first-order chi connectivity index (χ1) is 17.2. The van der Waals surface area contributed by atoms with Gasteiger partial charge in [0.1, 0.15) is 5.75 Å². The van der Waals surface area contributed by atoms with Gasteiger partial charge in [-0.05, 0) is 68.1 Å². The molecule has 1 aliphatic carbocycles.